The van der Waals surface area contributed by atoms with Crippen molar-refractivity contribution < 1.29 is 9.53 Å². The number of rotatable bonds is 5. The first-order chi connectivity index (χ1) is 13.5. The number of carbonyl (C=O) groups is 1. The lowest BCUT2D eigenvalue weighted by Gasteiger charge is -2.06. The molecule has 0 unspecified atom stereocenters. The number of hydrogen-bond donors (Lipinski definition) is 1. The molecule has 2 heterocycles. The van der Waals surface area contributed by atoms with Crippen molar-refractivity contribution in [3.8, 4) is 5.75 Å². The van der Waals surface area contributed by atoms with Gasteiger partial charge in [0.15, 0.2) is 5.65 Å². The molecule has 0 saturated heterocycles. The van der Waals surface area contributed by atoms with Gasteiger partial charge >= 0.3 is 5.69 Å². The molecule has 0 aliphatic heterocycles. The number of anilines is 1. The first-order valence-electron chi connectivity index (χ1n) is 8.61. The minimum absolute atomic E-state index is 0.219. The van der Waals surface area contributed by atoms with Crippen molar-refractivity contribution in [3.05, 3.63) is 64.3 Å². The van der Waals surface area contributed by atoms with Crippen LogP contribution in [0.2, 0.25) is 5.02 Å². The highest BCUT2D eigenvalue weighted by Crippen LogP contribution is 2.20. The van der Waals surface area contributed by atoms with Crippen molar-refractivity contribution in [2.45, 2.75) is 13.5 Å². The Kier molecular flexibility index (Phi) is 4.70. The second kappa shape index (κ2) is 7.32. The Labute approximate surface area is 164 Å². The number of carbonyl (C=O) groups excluding carboxylic acids is 1. The average Bonchev–Trinajstić information content (AvgIpc) is 2.99. The first-order valence-corrected chi connectivity index (χ1v) is 8.99. The van der Waals surface area contributed by atoms with Crippen LogP contribution in [0.1, 0.15) is 6.92 Å². The number of nitrogens with one attached hydrogen (secondary N) is 1. The average molecular weight is 398 g/mol. The van der Waals surface area contributed by atoms with Crippen LogP contribution in [0.15, 0.2) is 53.6 Å². The third kappa shape index (κ3) is 3.41. The predicted octanol–water partition coefficient (Wildman–Crippen LogP) is 2.74. The lowest BCUT2D eigenvalue weighted by molar-refractivity contribution is -0.117. The van der Waals surface area contributed by atoms with Crippen LogP contribution in [0.25, 0.3) is 16.6 Å². The van der Waals surface area contributed by atoms with E-state index in [0.29, 0.717) is 33.9 Å². The lowest BCUT2D eigenvalue weighted by Crippen LogP contribution is -2.28. The summed E-state index contributed by atoms with van der Waals surface area (Å²) < 4.78 is 7.78. The number of nitrogens with zero attached hydrogens (tertiary/aromatic N) is 4. The second-order valence-electron chi connectivity index (χ2n) is 6.05. The summed E-state index contributed by atoms with van der Waals surface area (Å²) in [5.74, 6) is 0.353. The minimum atomic E-state index is -0.443. The molecule has 4 rings (SSSR count). The summed E-state index contributed by atoms with van der Waals surface area (Å²) in [5.41, 5.74) is 1.20. The summed E-state index contributed by atoms with van der Waals surface area (Å²) in [6.07, 6.45) is 1.38. The maximum absolute atomic E-state index is 12.5. The summed E-state index contributed by atoms with van der Waals surface area (Å²) >= 11 is 5.98. The SMILES string of the molecule is CCOc1ccc(NC(=O)Cn2nc3c4ccc(Cl)cc4ncn3c2=O)cc1. The van der Waals surface area contributed by atoms with Gasteiger partial charge in [0, 0.05) is 16.1 Å². The Hall–Kier alpha value is -3.39. The van der Waals surface area contributed by atoms with Gasteiger partial charge in [-0.1, -0.05) is 11.6 Å². The van der Waals surface area contributed by atoms with Crippen molar-refractivity contribution in [2.24, 2.45) is 0 Å². The number of ether oxygens (including phenoxy) is 1. The van der Waals surface area contributed by atoms with Crippen molar-refractivity contribution in [3.63, 3.8) is 0 Å². The monoisotopic (exact) mass is 397 g/mol. The third-order valence-corrected chi connectivity index (χ3v) is 4.36. The maximum Gasteiger partial charge on any atom is 0.352 e. The zero-order chi connectivity index (χ0) is 19.7. The molecule has 0 aliphatic rings. The number of aromatic nitrogens is 4. The van der Waals surface area contributed by atoms with Crippen LogP contribution in [0.5, 0.6) is 5.75 Å². The van der Waals surface area contributed by atoms with E-state index in [1.54, 1.807) is 42.5 Å². The van der Waals surface area contributed by atoms with Gasteiger partial charge in [-0.2, -0.15) is 0 Å². The molecule has 9 heteroatoms. The Morgan fingerprint density at radius 1 is 1.21 bits per heavy atom. The fourth-order valence-electron chi connectivity index (χ4n) is 2.87. The molecular formula is C19H16ClN5O3. The smallest absolute Gasteiger partial charge is 0.352 e. The van der Waals surface area contributed by atoms with Gasteiger partial charge in [0.25, 0.3) is 0 Å². The van der Waals surface area contributed by atoms with Crippen molar-refractivity contribution >= 4 is 39.7 Å². The molecule has 2 aromatic heterocycles. The van der Waals surface area contributed by atoms with Gasteiger partial charge in [0.05, 0.1) is 12.1 Å². The standard InChI is InChI=1S/C19H16ClN5O3/c1-2-28-14-6-4-13(5-7-14)22-17(26)10-25-19(27)24-11-21-16-9-12(20)3-8-15(16)18(24)23-25/h3-9,11H,2,10H2,1H3,(H,22,26). The molecule has 2 aromatic carbocycles. The minimum Gasteiger partial charge on any atom is -0.494 e. The molecule has 0 radical (unpaired) electrons. The summed E-state index contributed by atoms with van der Waals surface area (Å²) in [5, 5.41) is 8.25. The molecule has 0 bridgehead atoms. The Morgan fingerprint density at radius 2 is 2.00 bits per heavy atom. The van der Waals surface area contributed by atoms with Gasteiger partial charge in [-0.15, -0.1) is 5.10 Å². The van der Waals surface area contributed by atoms with Crippen molar-refractivity contribution in [2.75, 3.05) is 11.9 Å². The summed E-state index contributed by atoms with van der Waals surface area (Å²) in [6, 6.07) is 12.1. The Morgan fingerprint density at radius 3 is 2.75 bits per heavy atom. The van der Waals surface area contributed by atoms with Crippen LogP contribution in [-0.2, 0) is 11.3 Å². The molecule has 0 fully saturated rings. The highest BCUT2D eigenvalue weighted by molar-refractivity contribution is 6.31. The third-order valence-electron chi connectivity index (χ3n) is 4.13. The number of benzene rings is 2. The molecule has 28 heavy (non-hydrogen) atoms. The summed E-state index contributed by atoms with van der Waals surface area (Å²) in [7, 11) is 0. The van der Waals surface area contributed by atoms with Gasteiger partial charge in [0.1, 0.15) is 18.6 Å². The first kappa shape index (κ1) is 18.0. The highest BCUT2D eigenvalue weighted by Gasteiger charge is 2.14. The van der Waals surface area contributed by atoms with Gasteiger partial charge in [-0.25, -0.2) is 18.9 Å². The van der Waals surface area contributed by atoms with Gasteiger partial charge in [-0.3, -0.25) is 4.79 Å². The fourth-order valence-corrected chi connectivity index (χ4v) is 3.04. The quantitative estimate of drug-likeness (QED) is 0.559. The number of hydrogen-bond acceptors (Lipinski definition) is 5. The molecule has 1 amide bonds. The van der Waals surface area contributed by atoms with Gasteiger partial charge in [0.2, 0.25) is 5.91 Å². The largest absolute Gasteiger partial charge is 0.494 e. The molecule has 0 atom stereocenters. The lowest BCUT2D eigenvalue weighted by atomic mass is 10.2. The number of amides is 1. The van der Waals surface area contributed by atoms with E-state index >= 15 is 0 Å². The normalized spacial score (nSPS) is 11.1. The zero-order valence-corrected chi connectivity index (χ0v) is 15.7. The fraction of sp³-hybridized carbons (Fsp3) is 0.158. The van der Waals surface area contributed by atoms with E-state index in [-0.39, 0.29) is 12.5 Å². The van der Waals surface area contributed by atoms with Crippen molar-refractivity contribution in [1.82, 2.24) is 19.2 Å². The summed E-state index contributed by atoms with van der Waals surface area (Å²) in [6.45, 7) is 2.25. The molecule has 1 N–H and O–H groups in total. The van der Waals surface area contributed by atoms with Crippen LogP contribution < -0.4 is 15.7 Å². The summed E-state index contributed by atoms with van der Waals surface area (Å²) in [4.78, 5) is 29.1. The molecule has 142 valence electrons. The second-order valence-corrected chi connectivity index (χ2v) is 6.48. The number of halogens is 1. The van der Waals surface area contributed by atoms with E-state index in [2.05, 4.69) is 15.4 Å². The molecule has 0 spiro atoms. The van der Waals surface area contributed by atoms with E-state index in [9.17, 15) is 9.59 Å². The molecule has 0 aliphatic carbocycles. The van der Waals surface area contributed by atoms with Crippen LogP contribution in [0.4, 0.5) is 5.69 Å². The van der Waals surface area contributed by atoms with Crippen LogP contribution >= 0.6 is 11.6 Å². The van der Waals surface area contributed by atoms with E-state index in [1.165, 1.54) is 10.7 Å². The molecule has 8 nitrogen and oxygen atoms in total. The topological polar surface area (TPSA) is 90.5 Å². The Bertz CT molecular complexity index is 1230. The van der Waals surface area contributed by atoms with Crippen molar-refractivity contribution in [1.29, 1.82) is 0 Å². The number of fused-ring (bicyclic) bond motifs is 3. The molecule has 4 aromatic rings. The van der Waals surface area contributed by atoms with Gasteiger partial charge < -0.3 is 10.1 Å². The van der Waals surface area contributed by atoms with Crippen LogP contribution in [-0.4, -0.2) is 31.7 Å². The Balaban J connectivity index is 1.58. The van der Waals surface area contributed by atoms with Gasteiger partial charge in [-0.05, 0) is 49.4 Å². The van der Waals surface area contributed by atoms with E-state index in [1.807, 2.05) is 6.92 Å². The zero-order valence-electron chi connectivity index (χ0n) is 14.9. The van der Waals surface area contributed by atoms with Crippen LogP contribution in [0.3, 0.4) is 0 Å². The predicted molar refractivity (Wildman–Crippen MR) is 106 cm³/mol. The maximum atomic E-state index is 12.5. The van der Waals surface area contributed by atoms with E-state index in [0.717, 1.165) is 10.4 Å². The van der Waals surface area contributed by atoms with E-state index < -0.39 is 5.69 Å². The molecule has 0 saturated carbocycles. The molecular weight excluding hydrogens is 382 g/mol. The van der Waals surface area contributed by atoms with Crippen LogP contribution in [0, 0.1) is 0 Å². The highest BCUT2D eigenvalue weighted by atomic mass is 35.5. The van der Waals surface area contributed by atoms with E-state index in [4.69, 9.17) is 16.3 Å².